The van der Waals surface area contributed by atoms with E-state index in [2.05, 4.69) is 15.0 Å². The standard InChI is InChI=1S/C20H24FN7O12P2S/c1-35-13-8-4-36-41(31,32)39-14-11(21)9(38-18(14)28-7-25-12-16(22)23-6-24-17(12)28)5-43-42(33,34)40-15(13)19(37-8)27-3-2-10(29)26-20(27)30/h2-3,6-9,11,13-15,18-19H,4-5H2,1H3,(H,31,32)(H,33,34)(H2,22,23,24)(H,26,29,30)/t8-,9-,11-,13-,14-,15-,18-,19-/m1/s1. The summed E-state index contributed by atoms with van der Waals surface area (Å²) in [6.45, 7) is -5.41. The number of fused-ring (bicyclic) bond motifs is 5. The number of phosphoric acid groups is 1. The highest BCUT2D eigenvalue weighted by atomic mass is 32.7. The fourth-order valence-corrected chi connectivity index (χ4v) is 8.62. The Kier molecular flexibility index (Phi) is 8.10. The Bertz CT molecular complexity index is 1740. The van der Waals surface area contributed by atoms with Gasteiger partial charge in [-0.15, -0.1) is 0 Å². The average Bonchev–Trinajstić information content (AvgIpc) is 3.60. The lowest BCUT2D eigenvalue weighted by Gasteiger charge is -2.27. The smallest absolute Gasteiger partial charge is 0.382 e. The molecular weight excluding hydrogens is 643 g/mol. The van der Waals surface area contributed by atoms with Crippen LogP contribution in [0.3, 0.4) is 0 Å². The fourth-order valence-electron chi connectivity index (χ4n) is 5.02. The topological polar surface area (TPSA) is 254 Å². The summed E-state index contributed by atoms with van der Waals surface area (Å²) >= 11 is 0.306. The van der Waals surface area contributed by atoms with Crippen LogP contribution in [0.2, 0.25) is 0 Å². The maximum atomic E-state index is 15.8. The molecule has 234 valence electrons. The Hall–Kier alpha value is -2.55. The molecule has 3 fully saturated rings. The third kappa shape index (κ3) is 5.83. The van der Waals surface area contributed by atoms with Crippen LogP contribution in [0.4, 0.5) is 10.2 Å². The number of ether oxygens (including phenoxy) is 3. The van der Waals surface area contributed by atoms with Crippen molar-refractivity contribution in [3.63, 3.8) is 0 Å². The second-order valence-electron chi connectivity index (χ2n) is 9.54. The molecule has 0 saturated carbocycles. The Morgan fingerprint density at radius 3 is 2.60 bits per heavy atom. The van der Waals surface area contributed by atoms with E-state index in [0.29, 0.717) is 11.4 Å². The number of nitrogens with two attached hydrogens (primary N) is 1. The zero-order valence-corrected chi connectivity index (χ0v) is 24.4. The van der Waals surface area contributed by atoms with Crippen LogP contribution < -0.4 is 17.0 Å². The molecule has 2 unspecified atom stereocenters. The predicted molar refractivity (Wildman–Crippen MR) is 142 cm³/mol. The monoisotopic (exact) mass is 667 g/mol. The first kappa shape index (κ1) is 30.5. The van der Waals surface area contributed by atoms with Crippen LogP contribution in [0.25, 0.3) is 11.2 Å². The first-order valence-corrected chi connectivity index (χ1v) is 17.1. The van der Waals surface area contributed by atoms with Crippen molar-refractivity contribution in [2.45, 2.75) is 49.1 Å². The van der Waals surface area contributed by atoms with Gasteiger partial charge in [-0.1, -0.05) is 0 Å². The van der Waals surface area contributed by atoms with Gasteiger partial charge < -0.3 is 29.7 Å². The molecule has 6 rings (SSSR count). The lowest BCUT2D eigenvalue weighted by Crippen LogP contribution is -2.40. The van der Waals surface area contributed by atoms with E-state index in [9.17, 15) is 28.5 Å². The zero-order valence-electron chi connectivity index (χ0n) is 21.8. The molecule has 43 heavy (non-hydrogen) atoms. The molecule has 23 heteroatoms. The minimum Gasteiger partial charge on any atom is -0.382 e. The van der Waals surface area contributed by atoms with Crippen LogP contribution in [-0.2, 0) is 36.9 Å². The van der Waals surface area contributed by atoms with E-state index in [1.807, 2.05) is 4.98 Å². The minimum atomic E-state index is -5.07. The lowest BCUT2D eigenvalue weighted by molar-refractivity contribution is -0.0627. The molecule has 0 aliphatic carbocycles. The molecule has 3 saturated heterocycles. The number of anilines is 1. The van der Waals surface area contributed by atoms with Gasteiger partial charge >= 0.3 is 20.3 Å². The number of halogens is 1. The summed E-state index contributed by atoms with van der Waals surface area (Å²) in [5.74, 6) is -0.481. The maximum absolute atomic E-state index is 15.8. The molecule has 19 nitrogen and oxygen atoms in total. The van der Waals surface area contributed by atoms with E-state index in [-0.39, 0.29) is 17.0 Å². The fraction of sp³-hybridized carbons (Fsp3) is 0.550. The van der Waals surface area contributed by atoms with Crippen molar-refractivity contribution in [3.05, 3.63) is 45.8 Å². The number of phosphoric ester groups is 1. The first-order valence-electron chi connectivity index (χ1n) is 12.4. The molecule has 0 amide bonds. The highest BCUT2D eigenvalue weighted by Gasteiger charge is 2.54. The van der Waals surface area contributed by atoms with Crippen molar-refractivity contribution < 1.29 is 51.1 Å². The number of hydrogen-bond donors (Lipinski definition) is 4. The molecule has 6 heterocycles. The van der Waals surface area contributed by atoms with Gasteiger partial charge in [-0.2, -0.15) is 0 Å². The molecule has 10 atom stereocenters. The summed E-state index contributed by atoms with van der Waals surface area (Å²) in [5, 5.41) is 0. The predicted octanol–water partition coefficient (Wildman–Crippen LogP) is -0.159. The van der Waals surface area contributed by atoms with Gasteiger partial charge in [0.1, 0.15) is 42.4 Å². The highest BCUT2D eigenvalue weighted by Crippen LogP contribution is 2.60. The van der Waals surface area contributed by atoms with Gasteiger partial charge in [0.25, 0.3) is 5.56 Å². The van der Waals surface area contributed by atoms with Crippen LogP contribution in [0.15, 0.2) is 34.5 Å². The summed E-state index contributed by atoms with van der Waals surface area (Å²) in [6, 6.07) is 1.01. The van der Waals surface area contributed by atoms with E-state index in [4.69, 9.17) is 33.5 Å². The highest BCUT2D eigenvalue weighted by molar-refractivity contribution is 8.54. The second-order valence-corrected chi connectivity index (χ2v) is 14.8. The molecule has 5 N–H and O–H groups in total. The number of aromatic amines is 1. The summed E-state index contributed by atoms with van der Waals surface area (Å²) in [4.78, 5) is 59.5. The Morgan fingerprint density at radius 1 is 1.12 bits per heavy atom. The third-order valence-corrected chi connectivity index (χ3v) is 10.9. The van der Waals surface area contributed by atoms with Crippen LogP contribution in [-0.4, -0.2) is 95.0 Å². The number of nitrogens with one attached hydrogen (secondary N) is 1. The van der Waals surface area contributed by atoms with E-state index in [0.717, 1.165) is 23.2 Å². The van der Waals surface area contributed by atoms with Gasteiger partial charge in [-0.25, -0.2) is 33.3 Å². The molecule has 3 aromatic heterocycles. The van der Waals surface area contributed by atoms with E-state index in [1.54, 1.807) is 0 Å². The average molecular weight is 667 g/mol. The molecular formula is C20H24FN7O12P2S. The number of H-pyrrole nitrogens is 1. The number of hydrogen-bond acceptors (Lipinski definition) is 15. The van der Waals surface area contributed by atoms with Gasteiger partial charge in [0.2, 0.25) is 0 Å². The van der Waals surface area contributed by atoms with E-state index >= 15 is 4.39 Å². The summed E-state index contributed by atoms with van der Waals surface area (Å²) < 4.78 is 77.3. The number of aromatic nitrogens is 6. The van der Waals surface area contributed by atoms with Crippen molar-refractivity contribution in [3.8, 4) is 0 Å². The van der Waals surface area contributed by atoms with Crippen LogP contribution in [0, 0.1) is 0 Å². The third-order valence-electron chi connectivity index (χ3n) is 6.92. The molecule has 0 radical (unpaired) electrons. The Balaban J connectivity index is 1.35. The number of alkyl halides is 1. The van der Waals surface area contributed by atoms with Crippen molar-refractivity contribution >= 4 is 43.0 Å². The van der Waals surface area contributed by atoms with Gasteiger partial charge in [0.15, 0.2) is 30.1 Å². The van der Waals surface area contributed by atoms with Crippen LogP contribution >= 0.6 is 26.0 Å². The van der Waals surface area contributed by atoms with Crippen molar-refractivity contribution in [1.82, 2.24) is 29.1 Å². The summed E-state index contributed by atoms with van der Waals surface area (Å²) in [5.41, 5.74) is 4.44. The number of rotatable bonds is 3. The maximum Gasteiger partial charge on any atom is 0.472 e. The summed E-state index contributed by atoms with van der Waals surface area (Å²) in [6.07, 6.45) is -8.87. The number of nitrogens with zero attached hydrogens (tertiary/aromatic N) is 5. The normalized spacial score (nSPS) is 38.7. The molecule has 3 aliphatic rings. The lowest BCUT2D eigenvalue weighted by atomic mass is 10.1. The van der Waals surface area contributed by atoms with E-state index in [1.165, 1.54) is 18.0 Å². The zero-order chi connectivity index (χ0) is 30.7. The number of methoxy groups -OCH3 is 1. The van der Waals surface area contributed by atoms with Gasteiger partial charge in [-0.05, 0) is 11.4 Å². The molecule has 4 bridgehead atoms. The quantitative estimate of drug-likeness (QED) is 0.265. The van der Waals surface area contributed by atoms with Crippen LogP contribution in [0.1, 0.15) is 12.5 Å². The largest absolute Gasteiger partial charge is 0.472 e. The van der Waals surface area contributed by atoms with E-state index < -0.39 is 87.4 Å². The number of imidazole rings is 1. The SMILES string of the molecule is CO[C@H]1[C@H]2OP(=O)(O)SC[C@H]3O[C@@H](n4cnc5c(N)ncnc54)[C@H](OP(=O)(O)OC[C@H]1O[C@H]2n1ccc(=O)[nH]c1=O)[C@@H]3F. The van der Waals surface area contributed by atoms with Gasteiger partial charge in [-0.3, -0.25) is 32.5 Å². The second kappa shape index (κ2) is 11.4. The van der Waals surface area contributed by atoms with Crippen molar-refractivity contribution in [2.24, 2.45) is 0 Å². The first-order chi connectivity index (χ1) is 20.4. The molecule has 3 aliphatic heterocycles. The summed E-state index contributed by atoms with van der Waals surface area (Å²) in [7, 11) is -3.86. The number of nitrogen functional groups attached to an aromatic ring is 1. The van der Waals surface area contributed by atoms with Gasteiger partial charge in [0, 0.05) is 25.1 Å². The minimum absolute atomic E-state index is 0.0150. The molecule has 3 aromatic rings. The van der Waals surface area contributed by atoms with Gasteiger partial charge in [0.05, 0.1) is 12.9 Å². The molecule has 0 aromatic carbocycles. The molecule has 0 spiro atoms. The van der Waals surface area contributed by atoms with Crippen molar-refractivity contribution in [2.75, 3.05) is 25.2 Å². The Labute approximate surface area is 243 Å². The van der Waals surface area contributed by atoms with Crippen LogP contribution in [0.5, 0.6) is 0 Å². The van der Waals surface area contributed by atoms with Crippen molar-refractivity contribution in [1.29, 1.82) is 0 Å². The Morgan fingerprint density at radius 2 is 1.86 bits per heavy atom.